The number of benzene rings is 3. The van der Waals surface area contributed by atoms with Gasteiger partial charge < -0.3 is 10.4 Å². The molecule has 3 rings (SSSR count). The normalized spacial score (nSPS) is 12.7. The molecule has 0 fully saturated rings. The van der Waals surface area contributed by atoms with E-state index in [-0.39, 0.29) is 12.1 Å². The van der Waals surface area contributed by atoms with E-state index in [2.05, 4.69) is 5.32 Å². The minimum Gasteiger partial charge on any atom is -0.387 e. The van der Waals surface area contributed by atoms with Crippen LogP contribution in [-0.2, 0) is 6.18 Å². The average molecular weight is 411 g/mol. The predicted octanol–water partition coefficient (Wildman–Crippen LogP) is 5.34. The lowest BCUT2D eigenvalue weighted by atomic mass is 10.0. The van der Waals surface area contributed by atoms with Gasteiger partial charge in [0, 0.05) is 12.1 Å². The minimum absolute atomic E-state index is 0.272. The predicted molar refractivity (Wildman–Crippen MR) is 111 cm³/mol. The van der Waals surface area contributed by atoms with E-state index >= 15 is 0 Å². The Balaban J connectivity index is 1.61. The third-order valence-corrected chi connectivity index (χ3v) is 4.52. The summed E-state index contributed by atoms with van der Waals surface area (Å²) in [7, 11) is 0. The Morgan fingerprint density at radius 1 is 0.867 bits per heavy atom. The van der Waals surface area contributed by atoms with Crippen molar-refractivity contribution in [2.45, 2.75) is 12.3 Å². The van der Waals surface area contributed by atoms with Gasteiger partial charge in [0.2, 0.25) is 0 Å². The van der Waals surface area contributed by atoms with Crippen molar-refractivity contribution >= 4 is 18.1 Å². The van der Waals surface area contributed by atoms with Gasteiger partial charge in [0.25, 0.3) is 5.91 Å². The fourth-order valence-electron chi connectivity index (χ4n) is 2.95. The number of halogens is 3. The molecule has 1 amide bonds. The van der Waals surface area contributed by atoms with E-state index in [1.165, 1.54) is 18.2 Å². The summed E-state index contributed by atoms with van der Waals surface area (Å²) >= 11 is 0. The van der Waals surface area contributed by atoms with Crippen molar-refractivity contribution in [3.05, 3.63) is 107 Å². The van der Waals surface area contributed by atoms with Gasteiger partial charge in [0.05, 0.1) is 11.7 Å². The third-order valence-electron chi connectivity index (χ3n) is 4.52. The molecular formula is C24H20F3NO2. The van der Waals surface area contributed by atoms with Gasteiger partial charge in [0.1, 0.15) is 0 Å². The summed E-state index contributed by atoms with van der Waals surface area (Å²) in [6.45, 7) is -0.332. The van der Waals surface area contributed by atoms with Crippen molar-refractivity contribution in [1.29, 1.82) is 0 Å². The van der Waals surface area contributed by atoms with E-state index in [0.717, 1.165) is 17.2 Å². The van der Waals surface area contributed by atoms with Gasteiger partial charge in [-0.25, -0.2) is 0 Å². The molecule has 1 unspecified atom stereocenters. The molecule has 0 aliphatic carbocycles. The van der Waals surface area contributed by atoms with Crippen LogP contribution < -0.4 is 5.32 Å². The van der Waals surface area contributed by atoms with Gasteiger partial charge in [0.15, 0.2) is 0 Å². The Morgan fingerprint density at radius 2 is 1.43 bits per heavy atom. The molecule has 30 heavy (non-hydrogen) atoms. The van der Waals surface area contributed by atoms with E-state index in [0.29, 0.717) is 5.56 Å². The maximum absolute atomic E-state index is 13.1. The monoisotopic (exact) mass is 411 g/mol. The van der Waals surface area contributed by atoms with Crippen LogP contribution >= 0.6 is 0 Å². The molecule has 0 aliphatic rings. The Bertz CT molecular complexity index is 1010. The van der Waals surface area contributed by atoms with Crippen molar-refractivity contribution in [3.63, 3.8) is 0 Å². The first kappa shape index (κ1) is 21.3. The van der Waals surface area contributed by atoms with Crippen LogP contribution in [-0.4, -0.2) is 17.6 Å². The Labute approximate surface area is 172 Å². The molecule has 0 aromatic heterocycles. The number of amides is 1. The Hall–Kier alpha value is -3.38. The number of alkyl halides is 3. The first-order chi connectivity index (χ1) is 14.3. The fraction of sp³-hybridized carbons (Fsp3) is 0.125. The lowest BCUT2D eigenvalue weighted by molar-refractivity contribution is -0.139. The summed E-state index contributed by atoms with van der Waals surface area (Å²) < 4.78 is 39.2. The van der Waals surface area contributed by atoms with Crippen LogP contribution in [0.1, 0.15) is 38.7 Å². The highest BCUT2D eigenvalue weighted by Crippen LogP contribution is 2.34. The van der Waals surface area contributed by atoms with Crippen molar-refractivity contribution in [2.24, 2.45) is 0 Å². The molecule has 0 saturated heterocycles. The molecule has 0 bridgehead atoms. The van der Waals surface area contributed by atoms with Crippen LogP contribution in [0.2, 0.25) is 0 Å². The SMILES string of the molecule is O=C(NCC(O)c1ccccc1C(F)(F)F)c1ccc(/C=C/c2ccccc2)cc1. The van der Waals surface area contributed by atoms with Gasteiger partial charge in [-0.1, -0.05) is 72.8 Å². The number of hydrogen-bond acceptors (Lipinski definition) is 2. The molecule has 6 heteroatoms. The van der Waals surface area contributed by atoms with E-state index in [1.807, 2.05) is 42.5 Å². The summed E-state index contributed by atoms with van der Waals surface area (Å²) in [4.78, 5) is 12.3. The van der Waals surface area contributed by atoms with Crippen molar-refractivity contribution in [3.8, 4) is 0 Å². The van der Waals surface area contributed by atoms with Gasteiger partial charge in [-0.15, -0.1) is 0 Å². The molecular weight excluding hydrogens is 391 g/mol. The zero-order valence-electron chi connectivity index (χ0n) is 15.9. The average Bonchev–Trinajstić information content (AvgIpc) is 2.76. The van der Waals surface area contributed by atoms with Crippen LogP contribution in [0.15, 0.2) is 78.9 Å². The van der Waals surface area contributed by atoms with Gasteiger partial charge in [-0.2, -0.15) is 13.2 Å². The van der Waals surface area contributed by atoms with Crippen molar-refractivity contribution in [2.75, 3.05) is 6.54 Å². The molecule has 3 nitrogen and oxygen atoms in total. The van der Waals surface area contributed by atoms with E-state index in [4.69, 9.17) is 0 Å². The number of hydrogen-bond donors (Lipinski definition) is 2. The summed E-state index contributed by atoms with van der Waals surface area (Å²) in [6, 6.07) is 21.3. The van der Waals surface area contributed by atoms with Crippen molar-refractivity contribution < 1.29 is 23.1 Å². The molecule has 0 spiro atoms. The molecule has 2 N–H and O–H groups in total. The second-order valence-corrected chi connectivity index (χ2v) is 6.68. The zero-order chi connectivity index (χ0) is 21.6. The topological polar surface area (TPSA) is 49.3 Å². The number of carbonyl (C=O) groups excluding carboxylic acids is 1. The maximum atomic E-state index is 13.1. The molecule has 0 heterocycles. The fourth-order valence-corrected chi connectivity index (χ4v) is 2.95. The van der Waals surface area contributed by atoms with Crippen LogP contribution in [0, 0.1) is 0 Å². The van der Waals surface area contributed by atoms with Gasteiger partial charge >= 0.3 is 6.18 Å². The molecule has 0 aliphatic heterocycles. The summed E-state index contributed by atoms with van der Waals surface area (Å²) in [6.07, 6.45) is -2.19. The molecule has 0 saturated carbocycles. The minimum atomic E-state index is -4.58. The lowest BCUT2D eigenvalue weighted by Gasteiger charge is -2.18. The zero-order valence-corrected chi connectivity index (χ0v) is 15.9. The smallest absolute Gasteiger partial charge is 0.387 e. The first-order valence-corrected chi connectivity index (χ1v) is 9.30. The first-order valence-electron chi connectivity index (χ1n) is 9.30. The number of rotatable bonds is 6. The quantitative estimate of drug-likeness (QED) is 0.538. The lowest BCUT2D eigenvalue weighted by Crippen LogP contribution is -2.29. The van der Waals surface area contributed by atoms with Gasteiger partial charge in [-0.05, 0) is 34.9 Å². The second kappa shape index (κ2) is 9.41. The Morgan fingerprint density at radius 3 is 2.07 bits per heavy atom. The molecule has 0 radical (unpaired) electrons. The Kier molecular flexibility index (Phi) is 6.69. The summed E-state index contributed by atoms with van der Waals surface area (Å²) in [5.74, 6) is -0.475. The maximum Gasteiger partial charge on any atom is 0.416 e. The van der Waals surface area contributed by atoms with E-state index in [9.17, 15) is 23.1 Å². The summed E-state index contributed by atoms with van der Waals surface area (Å²) in [5, 5.41) is 12.6. The van der Waals surface area contributed by atoms with Gasteiger partial charge in [-0.3, -0.25) is 4.79 Å². The van der Waals surface area contributed by atoms with Crippen molar-refractivity contribution in [1.82, 2.24) is 5.32 Å². The number of aliphatic hydroxyl groups is 1. The number of carbonyl (C=O) groups is 1. The molecule has 3 aromatic carbocycles. The molecule has 1 atom stereocenters. The number of aliphatic hydroxyl groups excluding tert-OH is 1. The molecule has 154 valence electrons. The van der Waals surface area contributed by atoms with Crippen LogP contribution in [0.25, 0.3) is 12.2 Å². The number of nitrogens with one attached hydrogen (secondary N) is 1. The highest BCUT2D eigenvalue weighted by atomic mass is 19.4. The van der Waals surface area contributed by atoms with Crippen LogP contribution in [0.4, 0.5) is 13.2 Å². The highest BCUT2D eigenvalue weighted by molar-refractivity contribution is 5.94. The van der Waals surface area contributed by atoms with Crippen LogP contribution in [0.5, 0.6) is 0 Å². The van der Waals surface area contributed by atoms with Crippen LogP contribution in [0.3, 0.4) is 0 Å². The standard InChI is InChI=1S/C24H20F3NO2/c25-24(26,27)21-9-5-4-8-20(21)22(29)16-28-23(30)19-14-12-18(13-15-19)11-10-17-6-2-1-3-7-17/h1-15,22,29H,16H2,(H,28,30)/b11-10+. The largest absolute Gasteiger partial charge is 0.416 e. The second-order valence-electron chi connectivity index (χ2n) is 6.68. The highest BCUT2D eigenvalue weighted by Gasteiger charge is 2.34. The molecule has 3 aromatic rings. The third kappa shape index (κ3) is 5.58. The van der Waals surface area contributed by atoms with E-state index in [1.54, 1.807) is 24.3 Å². The van der Waals surface area contributed by atoms with E-state index < -0.39 is 23.8 Å². The summed E-state index contributed by atoms with van der Waals surface area (Å²) in [5.41, 5.74) is 1.11.